The lowest BCUT2D eigenvalue weighted by molar-refractivity contribution is -0.124. The van der Waals surface area contributed by atoms with Crippen molar-refractivity contribution in [2.24, 2.45) is 0 Å². The van der Waals surface area contributed by atoms with Crippen LogP contribution in [0.1, 0.15) is 11.1 Å². The molecule has 3 heterocycles. The topological polar surface area (TPSA) is 77.1 Å². The van der Waals surface area contributed by atoms with Crippen LogP contribution in [0.4, 0.5) is 15.8 Å². The second-order valence-electron chi connectivity index (χ2n) is 7.86. The predicted molar refractivity (Wildman–Crippen MR) is 113 cm³/mol. The van der Waals surface area contributed by atoms with Gasteiger partial charge in [-0.2, -0.15) is 0 Å². The Balaban J connectivity index is 1.36. The van der Waals surface area contributed by atoms with Gasteiger partial charge in [-0.3, -0.25) is 9.59 Å². The van der Waals surface area contributed by atoms with Crippen LogP contribution in [0.25, 0.3) is 0 Å². The van der Waals surface area contributed by atoms with Crippen LogP contribution in [0.2, 0.25) is 0 Å². The van der Waals surface area contributed by atoms with Crippen molar-refractivity contribution in [1.82, 2.24) is 0 Å². The molecule has 0 saturated carbocycles. The number of para-hydroxylation sites is 1. The molecule has 3 aliphatic rings. The zero-order valence-corrected chi connectivity index (χ0v) is 16.8. The molecule has 3 aliphatic heterocycles. The highest BCUT2D eigenvalue weighted by atomic mass is 19.1. The summed E-state index contributed by atoms with van der Waals surface area (Å²) in [6, 6.07) is 16.4. The Labute approximate surface area is 182 Å². The summed E-state index contributed by atoms with van der Waals surface area (Å²) in [7, 11) is 0. The minimum Gasteiger partial charge on any atom is -0.491 e. The van der Waals surface area contributed by atoms with E-state index in [0.29, 0.717) is 34.2 Å². The Morgan fingerprint density at radius 2 is 1.72 bits per heavy atom. The van der Waals surface area contributed by atoms with Crippen LogP contribution >= 0.6 is 0 Å². The summed E-state index contributed by atoms with van der Waals surface area (Å²) in [5, 5.41) is 2.71. The minimum absolute atomic E-state index is 0.117. The van der Waals surface area contributed by atoms with Crippen LogP contribution in [-0.2, 0) is 15.0 Å². The average molecular weight is 432 g/mol. The molecule has 3 aromatic rings. The van der Waals surface area contributed by atoms with Crippen molar-refractivity contribution in [2.45, 2.75) is 5.41 Å². The zero-order chi connectivity index (χ0) is 21.9. The molecule has 0 fully saturated rings. The molecule has 2 amide bonds. The normalized spacial score (nSPS) is 19.7. The molecular formula is C24H17FN2O5. The van der Waals surface area contributed by atoms with Gasteiger partial charge in [0.1, 0.15) is 30.1 Å². The number of ether oxygens (including phenoxy) is 3. The predicted octanol–water partition coefficient (Wildman–Crippen LogP) is 3.22. The average Bonchev–Trinajstić information content (AvgIpc) is 3.47. The van der Waals surface area contributed by atoms with Gasteiger partial charge in [0, 0.05) is 23.0 Å². The third kappa shape index (κ3) is 2.59. The molecule has 1 spiro atoms. The van der Waals surface area contributed by atoms with Crippen molar-refractivity contribution in [2.75, 3.05) is 30.2 Å². The molecule has 32 heavy (non-hydrogen) atoms. The van der Waals surface area contributed by atoms with Gasteiger partial charge in [-0.25, -0.2) is 4.39 Å². The first-order valence-corrected chi connectivity index (χ1v) is 10.1. The van der Waals surface area contributed by atoms with Crippen molar-refractivity contribution >= 4 is 23.2 Å². The van der Waals surface area contributed by atoms with E-state index < -0.39 is 11.2 Å². The molecule has 0 radical (unpaired) electrons. The van der Waals surface area contributed by atoms with Gasteiger partial charge in [0.15, 0.2) is 11.5 Å². The zero-order valence-electron chi connectivity index (χ0n) is 16.8. The summed E-state index contributed by atoms with van der Waals surface area (Å²) in [5.74, 6) is 0.679. The highest BCUT2D eigenvalue weighted by Crippen LogP contribution is 2.54. The van der Waals surface area contributed by atoms with Crippen molar-refractivity contribution < 1.29 is 28.2 Å². The maximum absolute atomic E-state index is 13.8. The smallest absolute Gasteiger partial charge is 0.246 e. The van der Waals surface area contributed by atoms with Crippen LogP contribution in [0.3, 0.4) is 0 Å². The fraction of sp³-hybridized carbons (Fsp3) is 0.167. The maximum atomic E-state index is 13.8. The molecular weight excluding hydrogens is 415 g/mol. The molecule has 0 bridgehead atoms. The summed E-state index contributed by atoms with van der Waals surface area (Å²) >= 11 is 0. The Hall–Kier alpha value is -4.07. The fourth-order valence-corrected chi connectivity index (χ4v) is 4.60. The number of carbonyl (C=O) groups excluding carboxylic acids is 2. The lowest BCUT2D eigenvalue weighted by Gasteiger charge is -2.23. The summed E-state index contributed by atoms with van der Waals surface area (Å²) in [5.41, 5.74) is 1.51. The van der Waals surface area contributed by atoms with Crippen LogP contribution in [-0.4, -0.2) is 31.8 Å². The van der Waals surface area contributed by atoms with Crippen LogP contribution in [0.5, 0.6) is 17.2 Å². The van der Waals surface area contributed by atoms with E-state index in [2.05, 4.69) is 5.32 Å². The first kappa shape index (κ1) is 18.7. The first-order chi connectivity index (χ1) is 15.6. The van der Waals surface area contributed by atoms with Crippen LogP contribution in [0.15, 0.2) is 60.7 Å². The van der Waals surface area contributed by atoms with E-state index in [9.17, 15) is 14.0 Å². The summed E-state index contributed by atoms with van der Waals surface area (Å²) in [6.45, 7) is 0.0530. The summed E-state index contributed by atoms with van der Waals surface area (Å²) in [4.78, 5) is 28.0. The van der Waals surface area contributed by atoms with Crippen LogP contribution in [0, 0.1) is 5.82 Å². The van der Waals surface area contributed by atoms with Gasteiger partial charge in [0.25, 0.3) is 0 Å². The molecule has 1 N–H and O–H groups in total. The lowest BCUT2D eigenvalue weighted by Crippen LogP contribution is -2.45. The Morgan fingerprint density at radius 1 is 0.969 bits per heavy atom. The second kappa shape index (κ2) is 6.71. The number of nitrogens with zero attached hydrogens (tertiary/aromatic N) is 1. The number of amides is 2. The standard InChI is InChI=1S/C24H17FN2O5/c25-14-5-7-15(8-6-14)26-22(28)11-27-18-4-2-1-3-16(18)24(23(27)29)12-30-19-10-21-20(9-17(19)24)31-13-32-21/h1-10H,11-13H2,(H,26,28). The van der Waals surface area contributed by atoms with E-state index in [1.807, 2.05) is 24.3 Å². The Kier molecular flexibility index (Phi) is 3.92. The van der Waals surface area contributed by atoms with Gasteiger partial charge in [-0.1, -0.05) is 18.2 Å². The van der Waals surface area contributed by atoms with Crippen molar-refractivity contribution in [3.05, 3.63) is 77.6 Å². The molecule has 0 aliphatic carbocycles. The first-order valence-electron chi connectivity index (χ1n) is 10.1. The molecule has 8 heteroatoms. The molecule has 0 aromatic heterocycles. The molecule has 0 saturated heterocycles. The summed E-state index contributed by atoms with van der Waals surface area (Å²) in [6.07, 6.45) is 0. The number of fused-ring (bicyclic) bond motifs is 5. The van der Waals surface area contributed by atoms with E-state index in [0.717, 1.165) is 5.56 Å². The minimum atomic E-state index is -1.07. The highest BCUT2D eigenvalue weighted by molar-refractivity contribution is 6.14. The van der Waals surface area contributed by atoms with Gasteiger partial charge < -0.3 is 24.4 Å². The molecule has 6 rings (SSSR count). The number of nitrogens with one attached hydrogen (secondary N) is 1. The highest BCUT2D eigenvalue weighted by Gasteiger charge is 2.57. The number of hydrogen-bond donors (Lipinski definition) is 1. The van der Waals surface area contributed by atoms with Gasteiger partial charge >= 0.3 is 0 Å². The molecule has 160 valence electrons. The van der Waals surface area contributed by atoms with Crippen molar-refractivity contribution in [3.63, 3.8) is 0 Å². The number of rotatable bonds is 3. The summed E-state index contributed by atoms with van der Waals surface area (Å²) < 4.78 is 30.0. The second-order valence-corrected chi connectivity index (χ2v) is 7.86. The van der Waals surface area contributed by atoms with E-state index in [1.54, 1.807) is 12.1 Å². The van der Waals surface area contributed by atoms with Gasteiger partial charge in [0.05, 0.1) is 0 Å². The Morgan fingerprint density at radius 3 is 2.53 bits per heavy atom. The SMILES string of the molecule is O=C(CN1C(=O)C2(COc3cc4c(cc32)OCO4)c2ccccc21)Nc1ccc(F)cc1. The van der Waals surface area contributed by atoms with Gasteiger partial charge in [-0.15, -0.1) is 0 Å². The van der Waals surface area contributed by atoms with E-state index >= 15 is 0 Å². The third-order valence-corrected chi connectivity index (χ3v) is 6.07. The fourth-order valence-electron chi connectivity index (χ4n) is 4.60. The van der Waals surface area contributed by atoms with E-state index in [1.165, 1.54) is 29.2 Å². The molecule has 1 atom stereocenters. The number of carbonyl (C=O) groups is 2. The molecule has 3 aromatic carbocycles. The molecule has 1 unspecified atom stereocenters. The quantitative estimate of drug-likeness (QED) is 0.688. The molecule has 7 nitrogen and oxygen atoms in total. The Bertz CT molecular complexity index is 1280. The lowest BCUT2D eigenvalue weighted by atomic mass is 9.77. The third-order valence-electron chi connectivity index (χ3n) is 6.07. The monoisotopic (exact) mass is 432 g/mol. The van der Waals surface area contributed by atoms with Gasteiger partial charge in [-0.05, 0) is 42.0 Å². The van der Waals surface area contributed by atoms with E-state index in [4.69, 9.17) is 14.2 Å². The van der Waals surface area contributed by atoms with Crippen molar-refractivity contribution in [3.8, 4) is 17.2 Å². The number of hydrogen-bond acceptors (Lipinski definition) is 5. The van der Waals surface area contributed by atoms with Gasteiger partial charge in [0.2, 0.25) is 18.6 Å². The van der Waals surface area contributed by atoms with E-state index in [-0.39, 0.29) is 31.8 Å². The van der Waals surface area contributed by atoms with Crippen molar-refractivity contribution in [1.29, 1.82) is 0 Å². The number of halogens is 1. The largest absolute Gasteiger partial charge is 0.491 e. The number of anilines is 2. The number of benzene rings is 3. The van der Waals surface area contributed by atoms with Crippen LogP contribution < -0.4 is 24.4 Å². The maximum Gasteiger partial charge on any atom is 0.246 e.